The van der Waals surface area contributed by atoms with Crippen molar-refractivity contribution in [3.05, 3.63) is 52.3 Å². The number of hydrogen-bond donors (Lipinski definition) is 2. The van der Waals surface area contributed by atoms with Crippen LogP contribution < -0.4 is 15.5 Å². The van der Waals surface area contributed by atoms with Crippen molar-refractivity contribution < 1.29 is 9.59 Å². The number of nitrogens with one attached hydrogen (secondary N) is 2. The zero-order valence-corrected chi connectivity index (χ0v) is 21.1. The molecule has 0 unspecified atom stereocenters. The van der Waals surface area contributed by atoms with Gasteiger partial charge in [-0.2, -0.15) is 15.8 Å². The molecule has 0 radical (unpaired) electrons. The van der Waals surface area contributed by atoms with Crippen molar-refractivity contribution in [2.75, 3.05) is 23.3 Å². The number of allylic oxidation sites excluding steroid dienone is 2. The van der Waals surface area contributed by atoms with E-state index in [9.17, 15) is 14.9 Å². The largest absolute Gasteiger partial charge is 0.371 e. The number of nitriles is 3. The summed E-state index contributed by atoms with van der Waals surface area (Å²) in [5.74, 6) is -0.675. The average molecular weight is 485 g/mol. The molecule has 0 fully saturated rings. The molecule has 0 bridgehead atoms. The van der Waals surface area contributed by atoms with Crippen LogP contribution in [0.2, 0.25) is 0 Å². The molecule has 8 nitrogen and oxygen atoms in total. The van der Waals surface area contributed by atoms with Crippen LogP contribution in [-0.2, 0) is 9.59 Å². The summed E-state index contributed by atoms with van der Waals surface area (Å²) in [5.41, 5.74) is 1.87. The third-order valence-corrected chi connectivity index (χ3v) is 5.73. The number of carbonyl (C=O) groups is 2. The van der Waals surface area contributed by atoms with Crippen LogP contribution in [0, 0.1) is 34.0 Å². The molecule has 0 saturated carbocycles. The van der Waals surface area contributed by atoms with Gasteiger partial charge in [-0.15, -0.1) is 0 Å². The molecule has 1 heterocycles. The Kier molecular flexibility index (Phi) is 11.0. The van der Waals surface area contributed by atoms with E-state index in [1.165, 1.54) is 6.08 Å². The highest BCUT2D eigenvalue weighted by atomic mass is 16.2. The molecule has 0 spiro atoms. The van der Waals surface area contributed by atoms with E-state index >= 15 is 0 Å². The van der Waals surface area contributed by atoms with Gasteiger partial charge in [0.25, 0.3) is 5.91 Å². The number of unbranched alkanes of at least 4 members (excludes halogenated alkanes) is 2. The maximum Gasteiger partial charge on any atom is 0.257 e. The molecule has 36 heavy (non-hydrogen) atoms. The van der Waals surface area contributed by atoms with E-state index in [0.29, 0.717) is 24.1 Å². The van der Waals surface area contributed by atoms with Gasteiger partial charge in [0.05, 0.1) is 22.5 Å². The Bertz CT molecular complexity index is 1180. The van der Waals surface area contributed by atoms with Crippen LogP contribution in [0.1, 0.15) is 64.9 Å². The fraction of sp³-hybridized carbons (Fsp3) is 0.393. The molecule has 1 aromatic carbocycles. The van der Waals surface area contributed by atoms with Gasteiger partial charge in [-0.3, -0.25) is 9.59 Å². The van der Waals surface area contributed by atoms with Crippen LogP contribution >= 0.6 is 0 Å². The Balaban J connectivity index is 2.52. The molecule has 0 atom stereocenters. The maximum absolute atomic E-state index is 12.5. The monoisotopic (exact) mass is 484 g/mol. The van der Waals surface area contributed by atoms with E-state index in [0.717, 1.165) is 44.5 Å². The average Bonchev–Trinajstić information content (AvgIpc) is 3.19. The fourth-order valence-corrected chi connectivity index (χ4v) is 3.77. The fourth-order valence-electron chi connectivity index (χ4n) is 3.77. The van der Waals surface area contributed by atoms with Gasteiger partial charge < -0.3 is 15.5 Å². The molecule has 1 aliphatic rings. The number of benzene rings is 1. The molecule has 1 aliphatic heterocycles. The lowest BCUT2D eigenvalue weighted by molar-refractivity contribution is -0.116. The van der Waals surface area contributed by atoms with Crippen LogP contribution in [0.4, 0.5) is 11.4 Å². The molecular formula is C28H32N6O2. The summed E-state index contributed by atoms with van der Waals surface area (Å²) in [6, 6.07) is 11.1. The molecule has 186 valence electrons. The second kappa shape index (κ2) is 14.1. The Morgan fingerprint density at radius 3 is 2.25 bits per heavy atom. The highest BCUT2D eigenvalue weighted by molar-refractivity contribution is 6.05. The summed E-state index contributed by atoms with van der Waals surface area (Å²) in [6.45, 7) is 8.08. The van der Waals surface area contributed by atoms with Crippen molar-refractivity contribution >= 4 is 29.3 Å². The van der Waals surface area contributed by atoms with E-state index in [1.807, 2.05) is 31.2 Å². The predicted octanol–water partition coefficient (Wildman–Crippen LogP) is 5.10. The highest BCUT2D eigenvalue weighted by Crippen LogP contribution is 2.29. The van der Waals surface area contributed by atoms with Crippen LogP contribution in [0.15, 0.2) is 46.7 Å². The first kappa shape index (κ1) is 27.9. The van der Waals surface area contributed by atoms with Crippen LogP contribution in [0.5, 0.6) is 0 Å². The minimum absolute atomic E-state index is 0.0536. The van der Waals surface area contributed by atoms with Crippen LogP contribution in [-0.4, -0.2) is 24.9 Å². The van der Waals surface area contributed by atoms with Gasteiger partial charge >= 0.3 is 0 Å². The topological polar surface area (TPSA) is 133 Å². The third-order valence-electron chi connectivity index (χ3n) is 5.73. The molecule has 2 rings (SSSR count). The lowest BCUT2D eigenvalue weighted by atomic mass is 10.0. The normalized spacial score (nSPS) is 12.7. The lowest BCUT2D eigenvalue weighted by Gasteiger charge is -2.26. The first-order valence-corrected chi connectivity index (χ1v) is 12.3. The number of amides is 2. The summed E-state index contributed by atoms with van der Waals surface area (Å²) in [4.78, 5) is 27.3. The summed E-state index contributed by atoms with van der Waals surface area (Å²) in [6.07, 6.45) is 8.51. The number of nitrogens with zero attached hydrogens (tertiary/aromatic N) is 4. The van der Waals surface area contributed by atoms with Crippen LogP contribution in [0.25, 0.3) is 6.08 Å². The van der Waals surface area contributed by atoms with E-state index < -0.39 is 5.91 Å². The zero-order valence-electron chi connectivity index (χ0n) is 21.1. The molecule has 0 aromatic heterocycles. The first-order chi connectivity index (χ1) is 17.4. The van der Waals surface area contributed by atoms with E-state index in [4.69, 9.17) is 10.5 Å². The molecular weight excluding hydrogens is 452 g/mol. The van der Waals surface area contributed by atoms with Gasteiger partial charge in [0, 0.05) is 25.2 Å². The van der Waals surface area contributed by atoms with Crippen LogP contribution in [0.3, 0.4) is 0 Å². The molecule has 0 aliphatic carbocycles. The summed E-state index contributed by atoms with van der Waals surface area (Å²) < 4.78 is 0. The maximum atomic E-state index is 12.5. The molecule has 2 amide bonds. The minimum Gasteiger partial charge on any atom is -0.371 e. The van der Waals surface area contributed by atoms with Gasteiger partial charge in [-0.1, -0.05) is 45.8 Å². The Hall–Kier alpha value is -4.35. The van der Waals surface area contributed by atoms with Crippen molar-refractivity contribution in [2.45, 2.75) is 59.3 Å². The second-order valence-electron chi connectivity index (χ2n) is 8.43. The highest BCUT2D eigenvalue weighted by Gasteiger charge is 2.28. The predicted molar refractivity (Wildman–Crippen MR) is 140 cm³/mol. The molecule has 8 heteroatoms. The van der Waals surface area contributed by atoms with Gasteiger partial charge in [0.2, 0.25) is 5.91 Å². The standard InChI is InChI=1S/C28H32N6O2/c1-4-7-14-34(15-8-5-2)22-12-10-20(25(16-22)32-26(35)9-6-3)11-13-23-24(19-31)27(33-28(23)36)21(17-29)18-30/h10-13,16H,4-9,14-15H2,1-3H3,(H,32,35)(H,33,36)/b13-11+. The SMILES string of the molecule is CCCCN(CCCC)c1ccc(/C=C/C2=C(C#N)C(=C(C#N)C#N)NC2=O)c(NC(=O)CCC)c1. The lowest BCUT2D eigenvalue weighted by Crippen LogP contribution is -2.25. The third kappa shape index (κ3) is 7.08. The number of anilines is 2. The van der Waals surface area contributed by atoms with E-state index in [2.05, 4.69) is 29.4 Å². The minimum atomic E-state index is -0.570. The number of carbonyl (C=O) groups excluding carboxylic acids is 2. The summed E-state index contributed by atoms with van der Waals surface area (Å²) in [5, 5.41) is 33.3. The van der Waals surface area contributed by atoms with Gasteiger partial charge in [0.1, 0.15) is 18.2 Å². The quantitative estimate of drug-likeness (QED) is 0.397. The van der Waals surface area contributed by atoms with E-state index in [1.54, 1.807) is 18.2 Å². The summed E-state index contributed by atoms with van der Waals surface area (Å²) in [7, 11) is 0. The van der Waals surface area contributed by atoms with Crippen molar-refractivity contribution in [2.24, 2.45) is 0 Å². The van der Waals surface area contributed by atoms with Crippen molar-refractivity contribution in [3.63, 3.8) is 0 Å². The Morgan fingerprint density at radius 1 is 1.03 bits per heavy atom. The Labute approximate surface area is 213 Å². The van der Waals surface area contributed by atoms with E-state index in [-0.39, 0.29) is 28.3 Å². The van der Waals surface area contributed by atoms with Crippen molar-refractivity contribution in [3.8, 4) is 18.2 Å². The van der Waals surface area contributed by atoms with Crippen molar-refractivity contribution in [1.29, 1.82) is 15.8 Å². The molecule has 1 aromatic rings. The smallest absolute Gasteiger partial charge is 0.257 e. The Morgan fingerprint density at radius 2 is 1.69 bits per heavy atom. The summed E-state index contributed by atoms with van der Waals surface area (Å²) >= 11 is 0. The number of rotatable bonds is 12. The first-order valence-electron chi connectivity index (χ1n) is 12.3. The second-order valence-corrected chi connectivity index (χ2v) is 8.43. The van der Waals surface area contributed by atoms with Gasteiger partial charge in [-0.05, 0) is 43.0 Å². The molecule has 2 N–H and O–H groups in total. The zero-order chi connectivity index (χ0) is 26.5. The number of hydrogen-bond acceptors (Lipinski definition) is 6. The van der Waals surface area contributed by atoms with Gasteiger partial charge in [0.15, 0.2) is 5.57 Å². The van der Waals surface area contributed by atoms with Gasteiger partial charge in [-0.25, -0.2) is 0 Å². The molecule has 0 saturated heterocycles. The van der Waals surface area contributed by atoms with Crippen molar-refractivity contribution in [1.82, 2.24) is 5.32 Å².